The summed E-state index contributed by atoms with van der Waals surface area (Å²) in [5.74, 6) is -0.144. The van der Waals surface area contributed by atoms with Crippen molar-refractivity contribution in [2.24, 2.45) is 5.41 Å². The van der Waals surface area contributed by atoms with Crippen molar-refractivity contribution in [1.29, 1.82) is 0 Å². The quantitative estimate of drug-likeness (QED) is 0.635. The predicted molar refractivity (Wildman–Crippen MR) is 70.9 cm³/mol. The van der Waals surface area contributed by atoms with E-state index in [0.717, 1.165) is 12.0 Å². The van der Waals surface area contributed by atoms with Crippen LogP contribution in [0.5, 0.6) is 0 Å². The molecule has 0 spiro atoms. The molecule has 0 heterocycles. The number of hydrogen-bond donors (Lipinski definition) is 0. The first kappa shape index (κ1) is 12.9. The summed E-state index contributed by atoms with van der Waals surface area (Å²) in [7, 11) is 0. The molecule has 1 atom stereocenters. The molecular weight excluding hydrogens is 235 g/mol. The molecule has 0 bridgehead atoms. The van der Waals surface area contributed by atoms with Crippen LogP contribution in [-0.2, 0) is 0 Å². The first-order valence-electron chi connectivity index (χ1n) is 6.49. The minimum Gasteiger partial charge on any atom is -0.207 e. The van der Waals surface area contributed by atoms with E-state index >= 15 is 0 Å². The van der Waals surface area contributed by atoms with Gasteiger partial charge >= 0.3 is 0 Å². The highest BCUT2D eigenvalue weighted by atomic mass is 35.5. The third-order valence-electron chi connectivity index (χ3n) is 4.32. The highest BCUT2D eigenvalue weighted by Crippen LogP contribution is 2.53. The van der Waals surface area contributed by atoms with Crippen LogP contribution in [-0.4, -0.2) is 0 Å². The predicted octanol–water partition coefficient (Wildman–Crippen LogP) is 5.38. The maximum atomic E-state index is 13.3. The third-order valence-corrected chi connectivity index (χ3v) is 5.03. The van der Waals surface area contributed by atoms with Crippen molar-refractivity contribution in [3.05, 3.63) is 35.1 Å². The molecule has 0 amide bonds. The number of aryl methyl sites for hydroxylation is 1. The Kier molecular flexibility index (Phi) is 3.77. The average Bonchev–Trinajstić information content (AvgIpc) is 2.81. The molecule has 0 N–H and O–H groups in total. The van der Waals surface area contributed by atoms with Gasteiger partial charge in [-0.3, -0.25) is 0 Å². The summed E-state index contributed by atoms with van der Waals surface area (Å²) < 4.78 is 13.3. The largest absolute Gasteiger partial charge is 0.207 e. The van der Waals surface area contributed by atoms with Crippen LogP contribution in [0.15, 0.2) is 18.2 Å². The summed E-state index contributed by atoms with van der Waals surface area (Å²) in [6, 6.07) is 5.29. The normalized spacial score (nSPS) is 20.5. The van der Waals surface area contributed by atoms with Crippen molar-refractivity contribution >= 4 is 11.6 Å². The molecule has 0 nitrogen and oxygen atoms in total. The minimum atomic E-state index is -0.144. The fraction of sp³-hybridized carbons (Fsp3) is 0.600. The SMILES string of the molecule is CCC1(C(Cl)c2ccc(F)c(C)c2)CCCC1. The summed E-state index contributed by atoms with van der Waals surface area (Å²) in [6.45, 7) is 4.02. The minimum absolute atomic E-state index is 0.0225. The number of hydrogen-bond acceptors (Lipinski definition) is 0. The second kappa shape index (κ2) is 4.97. The van der Waals surface area contributed by atoms with Crippen LogP contribution in [0.25, 0.3) is 0 Å². The van der Waals surface area contributed by atoms with Gasteiger partial charge in [-0.15, -0.1) is 11.6 Å². The van der Waals surface area contributed by atoms with Gasteiger partial charge in [-0.2, -0.15) is 0 Å². The second-order valence-electron chi connectivity index (χ2n) is 5.29. The molecule has 0 aromatic heterocycles. The van der Waals surface area contributed by atoms with Crippen LogP contribution in [0.3, 0.4) is 0 Å². The number of benzene rings is 1. The van der Waals surface area contributed by atoms with Gasteiger partial charge in [0.05, 0.1) is 5.38 Å². The van der Waals surface area contributed by atoms with E-state index in [4.69, 9.17) is 11.6 Å². The van der Waals surface area contributed by atoms with Gasteiger partial charge in [0.15, 0.2) is 0 Å². The summed E-state index contributed by atoms with van der Waals surface area (Å²) in [5.41, 5.74) is 2.00. The molecule has 1 aromatic carbocycles. The molecule has 1 unspecified atom stereocenters. The Morgan fingerprint density at radius 1 is 1.35 bits per heavy atom. The highest BCUT2D eigenvalue weighted by molar-refractivity contribution is 6.21. The fourth-order valence-corrected chi connectivity index (χ4v) is 3.55. The molecule has 1 aliphatic carbocycles. The van der Waals surface area contributed by atoms with Gasteiger partial charge in [-0.25, -0.2) is 4.39 Å². The van der Waals surface area contributed by atoms with Crippen LogP contribution in [0.2, 0.25) is 0 Å². The van der Waals surface area contributed by atoms with Gasteiger partial charge < -0.3 is 0 Å². The zero-order valence-corrected chi connectivity index (χ0v) is 11.4. The smallest absolute Gasteiger partial charge is 0.126 e. The molecule has 94 valence electrons. The number of alkyl halides is 1. The summed E-state index contributed by atoms with van der Waals surface area (Å²) >= 11 is 6.67. The van der Waals surface area contributed by atoms with Crippen LogP contribution in [0.1, 0.15) is 55.5 Å². The Labute approximate surface area is 108 Å². The lowest BCUT2D eigenvalue weighted by Crippen LogP contribution is -2.21. The molecule has 0 saturated heterocycles. The van der Waals surface area contributed by atoms with Crippen molar-refractivity contribution in [3.8, 4) is 0 Å². The van der Waals surface area contributed by atoms with E-state index in [1.165, 1.54) is 25.7 Å². The van der Waals surface area contributed by atoms with Gasteiger partial charge in [-0.05, 0) is 48.8 Å². The van der Waals surface area contributed by atoms with Crippen LogP contribution >= 0.6 is 11.6 Å². The van der Waals surface area contributed by atoms with E-state index in [0.29, 0.717) is 5.56 Å². The van der Waals surface area contributed by atoms with E-state index in [9.17, 15) is 4.39 Å². The molecule has 17 heavy (non-hydrogen) atoms. The molecular formula is C15H20ClF. The summed E-state index contributed by atoms with van der Waals surface area (Å²) in [5, 5.41) is 0.0225. The third kappa shape index (κ3) is 2.35. The molecule has 1 saturated carbocycles. The van der Waals surface area contributed by atoms with Crippen molar-refractivity contribution in [2.75, 3.05) is 0 Å². The van der Waals surface area contributed by atoms with Crippen molar-refractivity contribution in [3.63, 3.8) is 0 Å². The molecule has 0 aliphatic heterocycles. The van der Waals surface area contributed by atoms with Crippen molar-refractivity contribution < 1.29 is 4.39 Å². The zero-order valence-electron chi connectivity index (χ0n) is 10.6. The molecule has 2 heteroatoms. The Bertz CT molecular complexity index is 394. The lowest BCUT2D eigenvalue weighted by molar-refractivity contribution is 0.271. The number of halogens is 2. The summed E-state index contributed by atoms with van der Waals surface area (Å²) in [6.07, 6.45) is 6.06. The van der Waals surface area contributed by atoms with Gasteiger partial charge in [-0.1, -0.05) is 31.9 Å². The van der Waals surface area contributed by atoms with Crippen LogP contribution in [0.4, 0.5) is 4.39 Å². The molecule has 2 rings (SSSR count). The monoisotopic (exact) mass is 254 g/mol. The van der Waals surface area contributed by atoms with Crippen molar-refractivity contribution in [1.82, 2.24) is 0 Å². The Balaban J connectivity index is 2.29. The molecule has 0 radical (unpaired) electrons. The van der Waals surface area contributed by atoms with E-state index in [1.807, 2.05) is 12.1 Å². The second-order valence-corrected chi connectivity index (χ2v) is 5.73. The summed E-state index contributed by atoms with van der Waals surface area (Å²) in [4.78, 5) is 0. The maximum absolute atomic E-state index is 13.3. The van der Waals surface area contributed by atoms with Crippen LogP contribution in [0, 0.1) is 18.2 Å². The van der Waals surface area contributed by atoms with Crippen molar-refractivity contribution in [2.45, 2.75) is 51.3 Å². The molecule has 1 aliphatic rings. The van der Waals surface area contributed by atoms with E-state index in [2.05, 4.69) is 6.92 Å². The lowest BCUT2D eigenvalue weighted by atomic mass is 9.77. The zero-order chi connectivity index (χ0) is 12.5. The van der Waals surface area contributed by atoms with Gasteiger partial charge in [0, 0.05) is 0 Å². The Morgan fingerprint density at radius 2 is 2.00 bits per heavy atom. The van der Waals surface area contributed by atoms with Gasteiger partial charge in [0.1, 0.15) is 5.82 Å². The van der Waals surface area contributed by atoms with E-state index in [-0.39, 0.29) is 16.6 Å². The topological polar surface area (TPSA) is 0 Å². The standard InChI is InChI=1S/C15H20ClF/c1-3-15(8-4-5-9-15)14(16)12-6-7-13(17)11(2)10-12/h6-7,10,14H,3-5,8-9H2,1-2H3. The molecule has 1 fully saturated rings. The Morgan fingerprint density at radius 3 is 2.53 bits per heavy atom. The van der Waals surface area contributed by atoms with Crippen LogP contribution < -0.4 is 0 Å². The van der Waals surface area contributed by atoms with E-state index < -0.39 is 0 Å². The lowest BCUT2D eigenvalue weighted by Gasteiger charge is -2.33. The highest BCUT2D eigenvalue weighted by Gasteiger charge is 2.39. The van der Waals surface area contributed by atoms with Gasteiger partial charge in [0.2, 0.25) is 0 Å². The Hall–Kier alpha value is -0.560. The fourth-order valence-electron chi connectivity index (χ4n) is 3.04. The van der Waals surface area contributed by atoms with E-state index in [1.54, 1.807) is 13.0 Å². The maximum Gasteiger partial charge on any atom is 0.126 e. The molecule has 1 aromatic rings. The van der Waals surface area contributed by atoms with Gasteiger partial charge in [0.25, 0.3) is 0 Å². The average molecular weight is 255 g/mol. The number of rotatable bonds is 3. The first-order valence-corrected chi connectivity index (χ1v) is 6.93. The first-order chi connectivity index (χ1) is 8.09.